The van der Waals surface area contributed by atoms with Crippen LogP contribution in [-0.2, 0) is 34.5 Å². The van der Waals surface area contributed by atoms with Crippen molar-refractivity contribution in [1.82, 2.24) is 4.72 Å². The molecule has 4 rings (SSSR count). The van der Waals surface area contributed by atoms with E-state index in [0.29, 0.717) is 11.5 Å². The average molecular weight is 636 g/mol. The molecule has 4 nitrogen and oxygen atoms in total. The molecule has 3 N–H and O–H groups in total. The van der Waals surface area contributed by atoms with Crippen molar-refractivity contribution < 1.29 is 27.9 Å². The van der Waals surface area contributed by atoms with Crippen molar-refractivity contribution >= 4 is 21.6 Å². The fourth-order valence-electron chi connectivity index (χ4n) is 3.80. The second-order valence-corrected chi connectivity index (χ2v) is 11.7. The van der Waals surface area contributed by atoms with E-state index in [0.717, 1.165) is 11.1 Å². The van der Waals surface area contributed by atoms with E-state index in [1.807, 2.05) is 43.3 Å². The molecular weight excluding hydrogens is 601 g/mol. The van der Waals surface area contributed by atoms with Crippen LogP contribution < -0.4 is 10.5 Å². The number of nitrogens with one attached hydrogen (secondary N) is 1. The fraction of sp³-hybridized carbons (Fsp3) is 0.226. The zero-order valence-electron chi connectivity index (χ0n) is 22.1. The van der Waals surface area contributed by atoms with Gasteiger partial charge in [0.25, 0.3) is 0 Å². The van der Waals surface area contributed by atoms with Gasteiger partial charge in [0.05, 0.1) is 10.9 Å². The molecule has 0 heterocycles. The Kier molecular flexibility index (Phi) is 11.9. The van der Waals surface area contributed by atoms with Crippen molar-refractivity contribution in [2.45, 2.75) is 49.5 Å². The van der Waals surface area contributed by atoms with E-state index in [-0.39, 0.29) is 24.4 Å². The summed E-state index contributed by atoms with van der Waals surface area (Å²) in [5.74, 6) is 0.653. The summed E-state index contributed by atoms with van der Waals surface area (Å²) in [6.07, 6.45) is 0. The first-order valence-corrected chi connectivity index (χ1v) is 14.1. The molecule has 0 aliphatic rings. The van der Waals surface area contributed by atoms with Gasteiger partial charge in [-0.25, -0.2) is 8.42 Å². The van der Waals surface area contributed by atoms with Gasteiger partial charge in [-0.3, -0.25) is 0 Å². The predicted octanol–water partition coefficient (Wildman–Crippen LogP) is 7.18. The molecule has 0 spiro atoms. The minimum atomic E-state index is -3.90. The molecule has 0 aliphatic carbocycles. The van der Waals surface area contributed by atoms with Crippen molar-refractivity contribution in [2.24, 2.45) is 5.73 Å². The first-order chi connectivity index (χ1) is 17.5. The summed E-state index contributed by atoms with van der Waals surface area (Å²) in [6, 6.07) is 32.6. The SMILES string of the molecule is Cc1ccc(C(C)C)cc1.Cc1ccc(S(=O)(=O)N[C@](Cl)(c2ccccc2)[C@H](N)c2ccccc2)cc1.[Ru]. The molecule has 202 valence electrons. The Morgan fingerprint density at radius 1 is 0.711 bits per heavy atom. The molecular formula is C31H35ClN2O2RuS. The molecule has 0 radical (unpaired) electrons. The molecule has 0 bridgehead atoms. The van der Waals surface area contributed by atoms with E-state index in [9.17, 15) is 8.42 Å². The maximum atomic E-state index is 13.0. The number of hydrogen-bond donors (Lipinski definition) is 2. The van der Waals surface area contributed by atoms with Gasteiger partial charge in [-0.05, 0) is 48.6 Å². The van der Waals surface area contributed by atoms with Crippen molar-refractivity contribution in [2.75, 3.05) is 0 Å². The second kappa shape index (κ2) is 14.2. The molecule has 38 heavy (non-hydrogen) atoms. The Morgan fingerprint density at radius 2 is 1.16 bits per heavy atom. The molecule has 0 fully saturated rings. The van der Waals surface area contributed by atoms with Crippen molar-refractivity contribution in [3.05, 3.63) is 137 Å². The zero-order chi connectivity index (χ0) is 27.1. The second-order valence-electron chi connectivity index (χ2n) is 9.45. The van der Waals surface area contributed by atoms with Crippen LogP contribution in [0.3, 0.4) is 0 Å². The third-order valence-electron chi connectivity index (χ3n) is 6.14. The first-order valence-electron chi connectivity index (χ1n) is 12.2. The van der Waals surface area contributed by atoms with Gasteiger partial charge in [0.1, 0.15) is 0 Å². The van der Waals surface area contributed by atoms with Crippen LogP contribution in [0.25, 0.3) is 0 Å². The molecule has 0 saturated carbocycles. The molecule has 0 aromatic heterocycles. The number of alkyl halides is 1. The number of benzene rings is 4. The number of rotatable bonds is 7. The van der Waals surface area contributed by atoms with Crippen LogP contribution in [0.4, 0.5) is 0 Å². The largest absolute Gasteiger partial charge is 0.321 e. The van der Waals surface area contributed by atoms with Gasteiger partial charge in [0.2, 0.25) is 10.0 Å². The van der Waals surface area contributed by atoms with Gasteiger partial charge in [-0.2, -0.15) is 4.72 Å². The van der Waals surface area contributed by atoms with Gasteiger partial charge in [-0.1, -0.05) is 134 Å². The third kappa shape index (κ3) is 8.33. The zero-order valence-corrected chi connectivity index (χ0v) is 25.4. The molecule has 7 heteroatoms. The monoisotopic (exact) mass is 636 g/mol. The summed E-state index contributed by atoms with van der Waals surface area (Å²) in [4.78, 5) is -1.42. The maximum absolute atomic E-state index is 13.0. The van der Waals surface area contributed by atoms with Gasteiger partial charge < -0.3 is 5.73 Å². The Balaban J connectivity index is 0.000000389. The van der Waals surface area contributed by atoms with Crippen molar-refractivity contribution in [1.29, 1.82) is 0 Å². The summed E-state index contributed by atoms with van der Waals surface area (Å²) in [7, 11) is -3.90. The fourth-order valence-corrected chi connectivity index (χ4v) is 5.60. The molecule has 0 unspecified atom stereocenters. The summed E-state index contributed by atoms with van der Waals surface area (Å²) in [5, 5.41) is 0. The van der Waals surface area contributed by atoms with E-state index in [1.165, 1.54) is 11.1 Å². The molecule has 2 atom stereocenters. The van der Waals surface area contributed by atoms with Crippen LogP contribution >= 0.6 is 11.6 Å². The normalized spacial score (nSPS) is 13.4. The Hall–Kier alpha value is -2.34. The molecule has 0 aliphatic heterocycles. The third-order valence-corrected chi connectivity index (χ3v) is 8.28. The molecule has 4 aromatic rings. The molecule has 0 saturated heterocycles. The van der Waals surface area contributed by atoms with Crippen LogP contribution in [0.15, 0.2) is 114 Å². The standard InChI is InChI=1S/C21H21ClN2O2S.C10H14.Ru/c1-16-12-14-19(15-13-16)27(25,26)24-21(22,18-10-6-3-7-11-18)20(23)17-8-4-2-5-9-17;1-8(2)10-6-4-9(3)5-7-10;/h2-15,20,24H,23H2,1H3;4-8H,1-3H3;/t20-,21-;;/m1../s1. The van der Waals surface area contributed by atoms with Crippen LogP contribution in [0.5, 0.6) is 0 Å². The van der Waals surface area contributed by atoms with Crippen LogP contribution in [0.1, 0.15) is 53.6 Å². The summed E-state index contributed by atoms with van der Waals surface area (Å²) in [5.41, 5.74) is 11.5. The Labute approximate surface area is 245 Å². The Bertz CT molecular complexity index is 1370. The first kappa shape index (κ1) is 31.9. The van der Waals surface area contributed by atoms with Gasteiger partial charge in [-0.15, -0.1) is 0 Å². The van der Waals surface area contributed by atoms with E-state index in [1.54, 1.807) is 48.5 Å². The molecule has 0 amide bonds. The summed E-state index contributed by atoms with van der Waals surface area (Å²) < 4.78 is 28.7. The number of nitrogens with two attached hydrogens (primary N) is 1. The van der Waals surface area contributed by atoms with Gasteiger partial charge >= 0.3 is 0 Å². The van der Waals surface area contributed by atoms with E-state index in [4.69, 9.17) is 17.3 Å². The van der Waals surface area contributed by atoms with Gasteiger partial charge in [0, 0.05) is 19.5 Å². The smallest absolute Gasteiger partial charge is 0.242 e. The van der Waals surface area contributed by atoms with Crippen molar-refractivity contribution in [3.63, 3.8) is 0 Å². The average Bonchev–Trinajstić information content (AvgIpc) is 2.90. The predicted molar refractivity (Wildman–Crippen MR) is 154 cm³/mol. The van der Waals surface area contributed by atoms with E-state index >= 15 is 0 Å². The summed E-state index contributed by atoms with van der Waals surface area (Å²) >= 11 is 6.90. The van der Waals surface area contributed by atoms with Crippen LogP contribution in [-0.4, -0.2) is 8.42 Å². The van der Waals surface area contributed by atoms with E-state index in [2.05, 4.69) is 49.8 Å². The minimum Gasteiger partial charge on any atom is -0.321 e. The van der Waals surface area contributed by atoms with Gasteiger partial charge in [0.15, 0.2) is 5.00 Å². The van der Waals surface area contributed by atoms with Crippen molar-refractivity contribution in [3.8, 4) is 0 Å². The number of hydrogen-bond acceptors (Lipinski definition) is 3. The number of halogens is 1. The van der Waals surface area contributed by atoms with Crippen LogP contribution in [0.2, 0.25) is 0 Å². The number of sulfonamides is 1. The molecule has 4 aromatic carbocycles. The Morgan fingerprint density at radius 3 is 1.63 bits per heavy atom. The summed E-state index contributed by atoms with van der Waals surface area (Å²) in [6.45, 7) is 8.43. The number of aryl methyl sites for hydroxylation is 2. The maximum Gasteiger partial charge on any atom is 0.242 e. The minimum absolute atomic E-state index is 0. The topological polar surface area (TPSA) is 72.2 Å². The quantitative estimate of drug-likeness (QED) is 0.128. The van der Waals surface area contributed by atoms with Crippen LogP contribution in [0, 0.1) is 13.8 Å². The van der Waals surface area contributed by atoms with E-state index < -0.39 is 21.1 Å².